The molecule has 6 nitrogen and oxygen atoms in total. The van der Waals surface area contributed by atoms with Gasteiger partial charge in [0.25, 0.3) is 0 Å². The first-order valence-corrected chi connectivity index (χ1v) is 10.2. The summed E-state index contributed by atoms with van der Waals surface area (Å²) < 4.78 is 43.8. The summed E-state index contributed by atoms with van der Waals surface area (Å²) in [7, 11) is 5.25. The van der Waals surface area contributed by atoms with E-state index >= 15 is 0 Å². The predicted molar refractivity (Wildman–Crippen MR) is 112 cm³/mol. The van der Waals surface area contributed by atoms with E-state index in [0.717, 1.165) is 36.2 Å². The molecular weight excluding hydrogens is 409 g/mol. The average molecular weight is 436 g/mol. The molecule has 0 spiro atoms. The van der Waals surface area contributed by atoms with Crippen LogP contribution >= 0.6 is 0 Å². The van der Waals surface area contributed by atoms with Crippen LogP contribution in [0.5, 0.6) is 0 Å². The van der Waals surface area contributed by atoms with Crippen molar-refractivity contribution in [3.63, 3.8) is 0 Å². The lowest BCUT2D eigenvalue weighted by atomic mass is 9.88. The molecule has 1 saturated heterocycles. The summed E-state index contributed by atoms with van der Waals surface area (Å²) in [6.07, 6.45) is -0.881. The highest BCUT2D eigenvalue weighted by Crippen LogP contribution is 2.36. The third kappa shape index (κ3) is 5.52. The molecule has 1 aromatic carbocycles. The number of aromatic nitrogens is 2. The fourth-order valence-electron chi connectivity index (χ4n) is 3.72. The van der Waals surface area contributed by atoms with Gasteiger partial charge in [0.2, 0.25) is 11.9 Å². The number of hydrogen-bond acceptors (Lipinski definition) is 5. The molecule has 31 heavy (non-hydrogen) atoms. The minimum Gasteiger partial charge on any atom is -0.384 e. The zero-order chi connectivity index (χ0) is 22.6. The van der Waals surface area contributed by atoms with Crippen LogP contribution in [0.15, 0.2) is 30.5 Å². The number of ether oxygens (including phenoxy) is 1. The molecule has 2 aromatic rings. The van der Waals surface area contributed by atoms with Gasteiger partial charge in [0.1, 0.15) is 0 Å². The second-order valence-corrected chi connectivity index (χ2v) is 7.84. The van der Waals surface area contributed by atoms with E-state index in [1.165, 1.54) is 12.1 Å². The Morgan fingerprint density at radius 3 is 2.39 bits per heavy atom. The second kappa shape index (κ2) is 9.64. The second-order valence-electron chi connectivity index (χ2n) is 7.84. The molecule has 0 atom stereocenters. The monoisotopic (exact) mass is 436 g/mol. The molecule has 1 amide bonds. The van der Waals surface area contributed by atoms with Gasteiger partial charge in [-0.2, -0.15) is 13.2 Å². The largest absolute Gasteiger partial charge is 0.416 e. The van der Waals surface area contributed by atoms with Crippen molar-refractivity contribution < 1.29 is 22.7 Å². The fourth-order valence-corrected chi connectivity index (χ4v) is 3.72. The quantitative estimate of drug-likeness (QED) is 0.686. The third-order valence-corrected chi connectivity index (χ3v) is 5.48. The summed E-state index contributed by atoms with van der Waals surface area (Å²) in [6, 6.07) is 5.08. The van der Waals surface area contributed by atoms with Gasteiger partial charge in [-0.15, -0.1) is 0 Å². The minimum absolute atomic E-state index is 0.0694. The van der Waals surface area contributed by atoms with Crippen LogP contribution in [0.25, 0.3) is 11.1 Å². The number of piperidine rings is 1. The number of anilines is 1. The van der Waals surface area contributed by atoms with E-state index in [2.05, 4.69) is 4.98 Å². The molecule has 0 bridgehead atoms. The van der Waals surface area contributed by atoms with Crippen molar-refractivity contribution in [2.24, 2.45) is 0 Å². The summed E-state index contributed by atoms with van der Waals surface area (Å²) in [4.78, 5) is 25.0. The zero-order valence-electron chi connectivity index (χ0n) is 17.9. The van der Waals surface area contributed by atoms with Crippen molar-refractivity contribution in [3.8, 4) is 11.1 Å². The molecule has 1 aromatic heterocycles. The van der Waals surface area contributed by atoms with Crippen molar-refractivity contribution in [3.05, 3.63) is 41.7 Å². The number of benzene rings is 1. The lowest BCUT2D eigenvalue weighted by Crippen LogP contribution is -2.38. The standard InChI is InChI=1S/C22H27F3N4O2/c1-28(2)21-26-14-18(15-4-6-17(7-5-15)22(23,24)25)20(27-21)16-8-11-29(12-9-16)19(30)10-13-31-3/h4-7,14,16H,8-13H2,1-3H3. The molecule has 0 N–H and O–H groups in total. The third-order valence-electron chi connectivity index (χ3n) is 5.48. The maximum absolute atomic E-state index is 12.9. The minimum atomic E-state index is -4.38. The molecule has 2 heterocycles. The van der Waals surface area contributed by atoms with Crippen molar-refractivity contribution in [1.82, 2.24) is 14.9 Å². The lowest BCUT2D eigenvalue weighted by molar-refractivity contribution is -0.137. The lowest BCUT2D eigenvalue weighted by Gasteiger charge is -2.32. The summed E-state index contributed by atoms with van der Waals surface area (Å²) in [5.74, 6) is 0.703. The Morgan fingerprint density at radius 1 is 1.19 bits per heavy atom. The van der Waals surface area contributed by atoms with Crippen molar-refractivity contribution in [2.75, 3.05) is 45.8 Å². The van der Waals surface area contributed by atoms with E-state index in [9.17, 15) is 18.0 Å². The number of amides is 1. The molecule has 0 radical (unpaired) electrons. The predicted octanol–water partition coefficient (Wildman–Crippen LogP) is 3.97. The maximum atomic E-state index is 12.9. The summed E-state index contributed by atoms with van der Waals surface area (Å²) in [6.45, 7) is 1.62. The Hall–Kier alpha value is -2.68. The van der Waals surface area contributed by atoms with Crippen LogP contribution < -0.4 is 4.90 Å². The number of nitrogens with zero attached hydrogens (tertiary/aromatic N) is 4. The average Bonchev–Trinajstić information content (AvgIpc) is 2.76. The van der Waals surface area contributed by atoms with Crippen LogP contribution in [-0.2, 0) is 15.7 Å². The van der Waals surface area contributed by atoms with Gasteiger partial charge in [-0.1, -0.05) is 12.1 Å². The topological polar surface area (TPSA) is 58.6 Å². The summed E-state index contributed by atoms with van der Waals surface area (Å²) >= 11 is 0. The maximum Gasteiger partial charge on any atom is 0.416 e. The van der Waals surface area contributed by atoms with Crippen LogP contribution in [0.2, 0.25) is 0 Å². The summed E-state index contributed by atoms with van der Waals surface area (Å²) in [5.41, 5.74) is 1.49. The van der Waals surface area contributed by atoms with Crippen molar-refractivity contribution in [1.29, 1.82) is 0 Å². The van der Waals surface area contributed by atoms with E-state index < -0.39 is 11.7 Å². The smallest absolute Gasteiger partial charge is 0.384 e. The first-order chi connectivity index (χ1) is 14.7. The molecule has 1 aliphatic rings. The number of halogens is 3. The van der Waals surface area contributed by atoms with Gasteiger partial charge in [-0.25, -0.2) is 9.97 Å². The first-order valence-electron chi connectivity index (χ1n) is 10.2. The van der Waals surface area contributed by atoms with Gasteiger partial charge >= 0.3 is 6.18 Å². The zero-order valence-corrected chi connectivity index (χ0v) is 17.9. The molecule has 3 rings (SSSR count). The number of rotatable bonds is 6. The fraction of sp³-hybridized carbons (Fsp3) is 0.500. The van der Waals surface area contributed by atoms with Crippen LogP contribution in [0, 0.1) is 0 Å². The molecule has 1 aliphatic heterocycles. The molecule has 168 valence electrons. The van der Waals surface area contributed by atoms with E-state index in [0.29, 0.717) is 37.6 Å². The number of alkyl halides is 3. The first kappa shape index (κ1) is 23.0. The molecule has 0 aliphatic carbocycles. The van der Waals surface area contributed by atoms with Gasteiger partial charge in [0.05, 0.1) is 24.3 Å². The van der Waals surface area contributed by atoms with Crippen LogP contribution in [-0.4, -0.2) is 61.7 Å². The Kier molecular flexibility index (Phi) is 7.15. The molecule has 0 saturated carbocycles. The highest BCUT2D eigenvalue weighted by atomic mass is 19.4. The molecular formula is C22H27F3N4O2. The normalized spacial score (nSPS) is 15.2. The molecule has 0 unspecified atom stereocenters. The molecule has 9 heteroatoms. The van der Waals surface area contributed by atoms with E-state index in [-0.39, 0.29) is 11.8 Å². The van der Waals surface area contributed by atoms with Crippen molar-refractivity contribution >= 4 is 11.9 Å². The Morgan fingerprint density at radius 2 is 1.84 bits per heavy atom. The Bertz CT molecular complexity index is 893. The van der Waals surface area contributed by atoms with Gasteiger partial charge in [-0.05, 0) is 30.5 Å². The van der Waals surface area contributed by atoms with E-state index in [4.69, 9.17) is 9.72 Å². The van der Waals surface area contributed by atoms with Crippen molar-refractivity contribution in [2.45, 2.75) is 31.4 Å². The molecule has 1 fully saturated rings. The summed E-state index contributed by atoms with van der Waals surface area (Å²) in [5, 5.41) is 0. The highest BCUT2D eigenvalue weighted by molar-refractivity contribution is 5.76. The van der Waals surface area contributed by atoms with Gasteiger partial charge in [-0.3, -0.25) is 4.79 Å². The number of methoxy groups -OCH3 is 1. The van der Waals surface area contributed by atoms with Crippen LogP contribution in [0.3, 0.4) is 0 Å². The van der Waals surface area contributed by atoms with Gasteiger partial charge < -0.3 is 14.5 Å². The van der Waals surface area contributed by atoms with E-state index in [1.807, 2.05) is 19.0 Å². The number of carbonyl (C=O) groups is 1. The number of likely N-dealkylation sites (tertiary alicyclic amines) is 1. The highest BCUT2D eigenvalue weighted by Gasteiger charge is 2.31. The Labute approximate surface area is 180 Å². The SMILES string of the molecule is COCCC(=O)N1CCC(c2nc(N(C)C)ncc2-c2ccc(C(F)(F)F)cc2)CC1. The van der Waals surface area contributed by atoms with Gasteiger partial charge in [0, 0.05) is 52.0 Å². The van der Waals surface area contributed by atoms with Crippen LogP contribution in [0.1, 0.15) is 36.4 Å². The van der Waals surface area contributed by atoms with Crippen LogP contribution in [0.4, 0.5) is 19.1 Å². The van der Waals surface area contributed by atoms with E-state index in [1.54, 1.807) is 18.2 Å². The van der Waals surface area contributed by atoms with Gasteiger partial charge in [0.15, 0.2) is 0 Å². The Balaban J connectivity index is 1.86. The number of carbonyl (C=O) groups excluding carboxylic acids is 1. The number of hydrogen-bond donors (Lipinski definition) is 0.